The first-order valence-corrected chi connectivity index (χ1v) is 12.9. The summed E-state index contributed by atoms with van der Waals surface area (Å²) in [6.07, 6.45) is 0.834. The van der Waals surface area contributed by atoms with Gasteiger partial charge in [-0.25, -0.2) is 8.42 Å². The summed E-state index contributed by atoms with van der Waals surface area (Å²) in [7, 11) is 3.94. The molecule has 3 rings (SSSR count). The number of benzene rings is 2. The van der Waals surface area contributed by atoms with Crippen molar-refractivity contribution in [3.05, 3.63) is 40.9 Å². The summed E-state index contributed by atoms with van der Waals surface area (Å²) >= 11 is 6.03. The highest BCUT2D eigenvalue weighted by Crippen LogP contribution is 2.38. The third kappa shape index (κ3) is 5.76. The Hall–Kier alpha value is -2.69. The number of nitrogens with zero attached hydrogens (tertiary/aromatic N) is 2. The van der Waals surface area contributed by atoms with Crippen molar-refractivity contribution in [3.63, 3.8) is 0 Å². The summed E-state index contributed by atoms with van der Waals surface area (Å²) in [6.45, 7) is 0.798. The summed E-state index contributed by atoms with van der Waals surface area (Å²) in [4.78, 5) is 14.8. The fourth-order valence-corrected chi connectivity index (χ4v) is 6.11. The van der Waals surface area contributed by atoms with Gasteiger partial charge in [0.05, 0.1) is 28.4 Å². The van der Waals surface area contributed by atoms with Crippen molar-refractivity contribution < 1.29 is 32.2 Å². The number of hydrogen-bond donors (Lipinski definition) is 0. The van der Waals surface area contributed by atoms with E-state index in [0.717, 1.165) is 5.56 Å². The van der Waals surface area contributed by atoms with E-state index in [1.165, 1.54) is 44.9 Å². The van der Waals surface area contributed by atoms with Crippen molar-refractivity contribution in [3.8, 4) is 23.0 Å². The maximum atomic E-state index is 13.2. The first-order chi connectivity index (χ1) is 16.7. The monoisotopic (exact) mass is 526 g/mol. The summed E-state index contributed by atoms with van der Waals surface area (Å²) in [5.41, 5.74) is 0.823. The van der Waals surface area contributed by atoms with Gasteiger partial charge in [-0.15, -0.1) is 0 Å². The zero-order valence-corrected chi connectivity index (χ0v) is 22.1. The van der Waals surface area contributed by atoms with E-state index < -0.39 is 10.0 Å². The van der Waals surface area contributed by atoms with E-state index in [1.807, 2.05) is 0 Å². The average molecular weight is 527 g/mol. The van der Waals surface area contributed by atoms with Crippen molar-refractivity contribution in [2.24, 2.45) is 5.92 Å². The molecule has 2 aromatic rings. The fourth-order valence-electron chi connectivity index (χ4n) is 4.22. The SMILES string of the molecule is COc1ccc(Cl)cc1S(=O)(=O)N1CCC(C(=O)N(C)Cc2cc(OC)c(OC)c(OC)c2)CC1. The summed E-state index contributed by atoms with van der Waals surface area (Å²) in [5, 5.41) is 0.308. The van der Waals surface area contributed by atoms with Gasteiger partial charge in [0.1, 0.15) is 10.6 Å². The van der Waals surface area contributed by atoms with E-state index in [-0.39, 0.29) is 35.6 Å². The minimum Gasteiger partial charge on any atom is -0.495 e. The third-order valence-corrected chi connectivity index (χ3v) is 8.22. The van der Waals surface area contributed by atoms with E-state index >= 15 is 0 Å². The second-order valence-corrected chi connectivity index (χ2v) is 10.5. The second-order valence-electron chi connectivity index (χ2n) is 8.20. The summed E-state index contributed by atoms with van der Waals surface area (Å²) in [5.74, 6) is 1.41. The third-order valence-electron chi connectivity index (χ3n) is 6.07. The van der Waals surface area contributed by atoms with Crippen molar-refractivity contribution in [1.82, 2.24) is 9.21 Å². The van der Waals surface area contributed by atoms with E-state index in [0.29, 0.717) is 41.7 Å². The topological polar surface area (TPSA) is 94.6 Å². The van der Waals surface area contributed by atoms with Crippen LogP contribution in [0.2, 0.25) is 5.02 Å². The Balaban J connectivity index is 1.68. The quantitative estimate of drug-likeness (QED) is 0.494. The zero-order valence-electron chi connectivity index (χ0n) is 20.5. The molecule has 2 aromatic carbocycles. The van der Waals surface area contributed by atoms with Crippen LogP contribution in [0.1, 0.15) is 18.4 Å². The molecule has 0 unspecified atom stereocenters. The molecule has 0 aliphatic carbocycles. The van der Waals surface area contributed by atoms with Crippen LogP contribution < -0.4 is 18.9 Å². The summed E-state index contributed by atoms with van der Waals surface area (Å²) in [6, 6.07) is 8.10. The minimum absolute atomic E-state index is 0.0248. The molecule has 0 aromatic heterocycles. The van der Waals surface area contributed by atoms with Crippen LogP contribution in [0.25, 0.3) is 0 Å². The van der Waals surface area contributed by atoms with Crippen LogP contribution in [0.15, 0.2) is 35.2 Å². The van der Waals surface area contributed by atoms with Gasteiger partial charge in [0.2, 0.25) is 21.7 Å². The molecular weight excluding hydrogens is 496 g/mol. The van der Waals surface area contributed by atoms with Crippen LogP contribution in [0.3, 0.4) is 0 Å². The molecule has 0 N–H and O–H groups in total. The fraction of sp³-hybridized carbons (Fsp3) is 0.458. The minimum atomic E-state index is -3.81. The van der Waals surface area contributed by atoms with E-state index in [9.17, 15) is 13.2 Å². The normalized spacial score (nSPS) is 14.9. The molecule has 1 saturated heterocycles. The molecule has 1 aliphatic heterocycles. The van der Waals surface area contributed by atoms with Gasteiger partial charge >= 0.3 is 0 Å². The van der Waals surface area contributed by atoms with Crippen LogP contribution in [0, 0.1) is 5.92 Å². The molecule has 192 valence electrons. The number of sulfonamides is 1. The smallest absolute Gasteiger partial charge is 0.246 e. The number of carbonyl (C=O) groups is 1. The number of carbonyl (C=O) groups excluding carboxylic acids is 1. The maximum absolute atomic E-state index is 13.2. The van der Waals surface area contributed by atoms with Gasteiger partial charge < -0.3 is 23.8 Å². The molecular formula is C24H31ClN2O7S. The van der Waals surface area contributed by atoms with Crippen LogP contribution in [0.4, 0.5) is 0 Å². The lowest BCUT2D eigenvalue weighted by molar-refractivity contribution is -0.135. The van der Waals surface area contributed by atoms with Crippen molar-refractivity contribution in [2.45, 2.75) is 24.3 Å². The molecule has 0 radical (unpaired) electrons. The molecule has 0 atom stereocenters. The highest BCUT2D eigenvalue weighted by Gasteiger charge is 2.34. The molecule has 1 amide bonds. The van der Waals surface area contributed by atoms with Gasteiger partial charge in [-0.05, 0) is 48.7 Å². The Labute approximate surface area is 211 Å². The molecule has 0 saturated carbocycles. The van der Waals surface area contributed by atoms with Gasteiger partial charge in [-0.3, -0.25) is 4.79 Å². The van der Waals surface area contributed by atoms with Crippen LogP contribution in [-0.2, 0) is 21.4 Å². The lowest BCUT2D eigenvalue weighted by atomic mass is 9.96. The van der Waals surface area contributed by atoms with E-state index in [1.54, 1.807) is 30.1 Å². The van der Waals surface area contributed by atoms with E-state index in [2.05, 4.69) is 0 Å². The molecule has 1 heterocycles. The van der Waals surface area contributed by atoms with Crippen molar-refractivity contribution in [2.75, 3.05) is 48.6 Å². The first-order valence-electron chi connectivity index (χ1n) is 11.0. The predicted octanol–water partition coefficient (Wildman–Crippen LogP) is 3.43. The largest absolute Gasteiger partial charge is 0.495 e. The number of hydrogen-bond acceptors (Lipinski definition) is 7. The highest BCUT2D eigenvalue weighted by atomic mass is 35.5. The van der Waals surface area contributed by atoms with Gasteiger partial charge in [0, 0.05) is 37.6 Å². The molecule has 11 heteroatoms. The number of rotatable bonds is 9. The van der Waals surface area contributed by atoms with Gasteiger partial charge in [0.25, 0.3) is 0 Å². The molecule has 35 heavy (non-hydrogen) atoms. The Morgan fingerprint density at radius 2 is 1.54 bits per heavy atom. The van der Waals surface area contributed by atoms with Crippen molar-refractivity contribution >= 4 is 27.5 Å². The lowest BCUT2D eigenvalue weighted by Gasteiger charge is -2.33. The summed E-state index contributed by atoms with van der Waals surface area (Å²) < 4.78 is 49.1. The zero-order chi connectivity index (χ0) is 25.8. The highest BCUT2D eigenvalue weighted by molar-refractivity contribution is 7.89. The Bertz CT molecular complexity index is 1140. The molecule has 1 fully saturated rings. The maximum Gasteiger partial charge on any atom is 0.246 e. The van der Waals surface area contributed by atoms with Crippen LogP contribution in [0.5, 0.6) is 23.0 Å². The average Bonchev–Trinajstić information content (AvgIpc) is 2.87. The number of piperidine rings is 1. The Morgan fingerprint density at radius 3 is 2.06 bits per heavy atom. The first kappa shape index (κ1) is 26.9. The number of methoxy groups -OCH3 is 4. The second kappa shape index (κ2) is 11.4. The van der Waals surface area contributed by atoms with E-state index in [4.69, 9.17) is 30.5 Å². The van der Waals surface area contributed by atoms with Crippen molar-refractivity contribution in [1.29, 1.82) is 0 Å². The molecule has 0 spiro atoms. The van der Waals surface area contributed by atoms with Gasteiger partial charge in [-0.1, -0.05) is 11.6 Å². The van der Waals surface area contributed by atoms with Gasteiger partial charge in [-0.2, -0.15) is 4.31 Å². The Morgan fingerprint density at radius 1 is 0.971 bits per heavy atom. The number of halogens is 1. The number of amides is 1. The van der Waals surface area contributed by atoms with Gasteiger partial charge in [0.15, 0.2) is 11.5 Å². The Kier molecular flexibility index (Phi) is 8.74. The predicted molar refractivity (Wildman–Crippen MR) is 132 cm³/mol. The molecule has 9 nitrogen and oxygen atoms in total. The van der Waals surface area contributed by atoms with Crippen LogP contribution in [-0.4, -0.2) is 72.1 Å². The molecule has 1 aliphatic rings. The lowest BCUT2D eigenvalue weighted by Crippen LogP contribution is -2.43. The number of ether oxygens (including phenoxy) is 4. The molecule has 0 bridgehead atoms. The van der Waals surface area contributed by atoms with Crippen LogP contribution >= 0.6 is 11.6 Å². The standard InChI is InChI=1S/C24H31ClN2O7S/c1-26(15-16-12-20(32-3)23(34-5)21(13-16)33-4)24(28)17-8-10-27(11-9-17)35(29,30)22-14-18(25)6-7-19(22)31-2/h6-7,12-14,17H,8-11,15H2,1-5H3.